The van der Waals surface area contributed by atoms with Gasteiger partial charge in [-0.3, -0.25) is 4.79 Å². The Hall–Kier alpha value is -0.570. The van der Waals surface area contributed by atoms with E-state index in [4.69, 9.17) is 5.73 Å². The van der Waals surface area contributed by atoms with E-state index in [1.165, 1.54) is 0 Å². The summed E-state index contributed by atoms with van der Waals surface area (Å²) in [5.74, 6) is 1.46. The number of nitrogens with two attached hydrogens (primary N) is 1. The smallest absolute Gasteiger partial charge is 0.225 e. The van der Waals surface area contributed by atoms with E-state index in [0.717, 1.165) is 25.8 Å². The zero-order valence-corrected chi connectivity index (χ0v) is 10.2. The highest BCUT2D eigenvalue weighted by Crippen LogP contribution is 2.32. The van der Waals surface area contributed by atoms with Gasteiger partial charge in [0.2, 0.25) is 5.91 Å². The SMILES string of the molecule is CC(C)CN(C)C(=O)C1CCCC1CN. The molecule has 2 atom stereocenters. The molecule has 15 heavy (non-hydrogen) atoms. The third-order valence-corrected chi connectivity index (χ3v) is 3.29. The lowest BCUT2D eigenvalue weighted by Crippen LogP contribution is -2.38. The van der Waals surface area contributed by atoms with E-state index < -0.39 is 0 Å². The summed E-state index contributed by atoms with van der Waals surface area (Å²) in [6.07, 6.45) is 3.32. The van der Waals surface area contributed by atoms with Crippen molar-refractivity contribution in [2.75, 3.05) is 20.1 Å². The molecule has 88 valence electrons. The highest BCUT2D eigenvalue weighted by Gasteiger charge is 2.33. The van der Waals surface area contributed by atoms with Crippen LogP contribution in [0.25, 0.3) is 0 Å². The van der Waals surface area contributed by atoms with Crippen LogP contribution in [0.1, 0.15) is 33.1 Å². The molecule has 1 fully saturated rings. The fraction of sp³-hybridized carbons (Fsp3) is 0.917. The van der Waals surface area contributed by atoms with Crippen LogP contribution in [0, 0.1) is 17.8 Å². The van der Waals surface area contributed by atoms with Crippen molar-refractivity contribution < 1.29 is 4.79 Å². The number of amides is 1. The Morgan fingerprint density at radius 1 is 1.47 bits per heavy atom. The lowest BCUT2D eigenvalue weighted by atomic mass is 9.94. The van der Waals surface area contributed by atoms with Crippen LogP contribution < -0.4 is 5.73 Å². The Balaban J connectivity index is 2.51. The summed E-state index contributed by atoms with van der Waals surface area (Å²) >= 11 is 0. The van der Waals surface area contributed by atoms with Crippen LogP contribution in [0.5, 0.6) is 0 Å². The number of nitrogens with zero attached hydrogens (tertiary/aromatic N) is 1. The molecule has 1 rings (SSSR count). The average molecular weight is 212 g/mol. The Morgan fingerprint density at radius 2 is 2.13 bits per heavy atom. The van der Waals surface area contributed by atoms with E-state index in [1.54, 1.807) is 0 Å². The van der Waals surface area contributed by atoms with Crippen molar-refractivity contribution in [3.8, 4) is 0 Å². The molecule has 1 amide bonds. The van der Waals surface area contributed by atoms with Gasteiger partial charge in [0.25, 0.3) is 0 Å². The second-order valence-electron chi connectivity index (χ2n) is 5.15. The van der Waals surface area contributed by atoms with Gasteiger partial charge in [0.1, 0.15) is 0 Å². The van der Waals surface area contributed by atoms with Crippen LogP contribution in [0.2, 0.25) is 0 Å². The maximum absolute atomic E-state index is 12.1. The van der Waals surface area contributed by atoms with E-state index in [2.05, 4.69) is 13.8 Å². The van der Waals surface area contributed by atoms with Gasteiger partial charge in [0, 0.05) is 19.5 Å². The third kappa shape index (κ3) is 3.20. The van der Waals surface area contributed by atoms with Crippen LogP contribution in [0.15, 0.2) is 0 Å². The zero-order chi connectivity index (χ0) is 11.4. The molecule has 0 radical (unpaired) electrons. The molecule has 1 aliphatic rings. The molecule has 1 aliphatic carbocycles. The fourth-order valence-corrected chi connectivity index (χ4v) is 2.56. The van der Waals surface area contributed by atoms with Crippen LogP contribution >= 0.6 is 0 Å². The summed E-state index contributed by atoms with van der Waals surface area (Å²) in [7, 11) is 1.91. The van der Waals surface area contributed by atoms with Gasteiger partial charge in [-0.1, -0.05) is 20.3 Å². The van der Waals surface area contributed by atoms with Gasteiger partial charge >= 0.3 is 0 Å². The molecule has 0 aromatic heterocycles. The summed E-state index contributed by atoms with van der Waals surface area (Å²) in [4.78, 5) is 14.0. The maximum Gasteiger partial charge on any atom is 0.225 e. The van der Waals surface area contributed by atoms with Gasteiger partial charge in [0.15, 0.2) is 0 Å². The first-order valence-electron chi connectivity index (χ1n) is 6.01. The summed E-state index contributed by atoms with van der Waals surface area (Å²) in [5.41, 5.74) is 5.69. The van der Waals surface area contributed by atoms with E-state index in [-0.39, 0.29) is 5.92 Å². The van der Waals surface area contributed by atoms with Gasteiger partial charge in [0.05, 0.1) is 0 Å². The van der Waals surface area contributed by atoms with Crippen molar-refractivity contribution in [3.63, 3.8) is 0 Å². The number of carbonyl (C=O) groups excluding carboxylic acids is 1. The lowest BCUT2D eigenvalue weighted by Gasteiger charge is -2.25. The molecule has 0 aromatic carbocycles. The molecule has 0 heterocycles. The third-order valence-electron chi connectivity index (χ3n) is 3.29. The van der Waals surface area contributed by atoms with Crippen molar-refractivity contribution in [2.45, 2.75) is 33.1 Å². The average Bonchev–Trinajstić information content (AvgIpc) is 2.62. The highest BCUT2D eigenvalue weighted by atomic mass is 16.2. The first kappa shape index (κ1) is 12.5. The van der Waals surface area contributed by atoms with Crippen molar-refractivity contribution in [1.29, 1.82) is 0 Å². The number of hydrogen-bond donors (Lipinski definition) is 1. The second kappa shape index (κ2) is 5.50. The lowest BCUT2D eigenvalue weighted by molar-refractivity contribution is -0.135. The van der Waals surface area contributed by atoms with Crippen molar-refractivity contribution in [2.24, 2.45) is 23.5 Å². The number of hydrogen-bond acceptors (Lipinski definition) is 2. The van der Waals surface area contributed by atoms with E-state index in [1.807, 2.05) is 11.9 Å². The Labute approximate surface area is 93.0 Å². The fourth-order valence-electron chi connectivity index (χ4n) is 2.56. The molecule has 3 nitrogen and oxygen atoms in total. The quantitative estimate of drug-likeness (QED) is 0.767. The highest BCUT2D eigenvalue weighted by molar-refractivity contribution is 5.79. The molecule has 2 unspecified atom stereocenters. The molecular formula is C12H24N2O. The molecule has 0 spiro atoms. The van der Waals surface area contributed by atoms with Gasteiger partial charge < -0.3 is 10.6 Å². The molecule has 2 N–H and O–H groups in total. The molecule has 3 heteroatoms. The summed E-state index contributed by atoms with van der Waals surface area (Å²) in [6, 6.07) is 0. The minimum atomic E-state index is 0.193. The van der Waals surface area contributed by atoms with E-state index >= 15 is 0 Å². The molecule has 0 aliphatic heterocycles. The van der Waals surface area contributed by atoms with Crippen molar-refractivity contribution >= 4 is 5.91 Å². The van der Waals surface area contributed by atoms with Gasteiger partial charge in [-0.15, -0.1) is 0 Å². The van der Waals surface area contributed by atoms with E-state index in [9.17, 15) is 4.79 Å². The summed E-state index contributed by atoms with van der Waals surface area (Å²) in [5, 5.41) is 0. The number of rotatable bonds is 4. The molecule has 0 saturated heterocycles. The van der Waals surface area contributed by atoms with Crippen LogP contribution in [-0.4, -0.2) is 30.9 Å². The maximum atomic E-state index is 12.1. The predicted octanol–water partition coefficient (Wildman–Crippen LogP) is 1.48. The van der Waals surface area contributed by atoms with Crippen LogP contribution in [-0.2, 0) is 4.79 Å². The normalized spacial score (nSPS) is 25.9. The van der Waals surface area contributed by atoms with Gasteiger partial charge in [-0.05, 0) is 31.2 Å². The molecular weight excluding hydrogens is 188 g/mol. The Kier molecular flexibility index (Phi) is 4.58. The Bertz CT molecular complexity index is 216. The van der Waals surface area contributed by atoms with Gasteiger partial charge in [-0.25, -0.2) is 0 Å². The summed E-state index contributed by atoms with van der Waals surface area (Å²) < 4.78 is 0. The van der Waals surface area contributed by atoms with Crippen LogP contribution in [0.4, 0.5) is 0 Å². The predicted molar refractivity (Wildman–Crippen MR) is 62.4 cm³/mol. The zero-order valence-electron chi connectivity index (χ0n) is 10.2. The second-order valence-corrected chi connectivity index (χ2v) is 5.15. The molecule has 0 bridgehead atoms. The van der Waals surface area contributed by atoms with Gasteiger partial charge in [-0.2, -0.15) is 0 Å². The topological polar surface area (TPSA) is 46.3 Å². The monoisotopic (exact) mass is 212 g/mol. The minimum Gasteiger partial charge on any atom is -0.345 e. The minimum absolute atomic E-state index is 0.193. The first-order chi connectivity index (χ1) is 7.06. The van der Waals surface area contributed by atoms with Crippen molar-refractivity contribution in [3.05, 3.63) is 0 Å². The molecule has 1 saturated carbocycles. The van der Waals surface area contributed by atoms with E-state index in [0.29, 0.717) is 24.3 Å². The number of carbonyl (C=O) groups is 1. The first-order valence-corrected chi connectivity index (χ1v) is 6.01. The summed E-state index contributed by atoms with van der Waals surface area (Å²) in [6.45, 7) is 5.79. The molecule has 0 aromatic rings. The van der Waals surface area contributed by atoms with Crippen LogP contribution in [0.3, 0.4) is 0 Å². The Morgan fingerprint density at radius 3 is 2.67 bits per heavy atom. The van der Waals surface area contributed by atoms with Crippen molar-refractivity contribution in [1.82, 2.24) is 4.90 Å². The largest absolute Gasteiger partial charge is 0.345 e. The standard InChI is InChI=1S/C12H24N2O/c1-9(2)8-14(3)12(15)11-6-4-5-10(11)7-13/h9-11H,4-8,13H2,1-3H3.